The highest BCUT2D eigenvalue weighted by molar-refractivity contribution is 7.18. The first kappa shape index (κ1) is 11.8. The van der Waals surface area contributed by atoms with E-state index in [4.69, 9.17) is 5.11 Å². The van der Waals surface area contributed by atoms with E-state index in [0.717, 1.165) is 17.8 Å². The van der Waals surface area contributed by atoms with Crippen molar-refractivity contribution in [2.75, 3.05) is 5.32 Å². The molecule has 2 N–H and O–H groups in total. The number of hydrogen-bond donors (Lipinski definition) is 2. The lowest BCUT2D eigenvalue weighted by Crippen LogP contribution is -2.17. The van der Waals surface area contributed by atoms with Gasteiger partial charge in [-0.25, -0.2) is 4.98 Å². The number of anilines is 1. The first-order valence-electron chi connectivity index (χ1n) is 5.16. The Morgan fingerprint density at radius 1 is 1.65 bits per heavy atom. The van der Waals surface area contributed by atoms with Crippen molar-refractivity contribution in [3.63, 3.8) is 0 Å². The van der Waals surface area contributed by atoms with Crippen LogP contribution in [0, 0.1) is 16.0 Å². The smallest absolute Gasteiger partial charge is 0.345 e. The van der Waals surface area contributed by atoms with Gasteiger partial charge in [-0.15, -0.1) is 0 Å². The lowest BCUT2D eigenvalue weighted by molar-refractivity contribution is -0.380. The fourth-order valence-electron chi connectivity index (χ4n) is 1.93. The molecule has 1 aromatic rings. The number of hydrogen-bond acceptors (Lipinski definition) is 6. The van der Waals surface area contributed by atoms with Gasteiger partial charge in [-0.05, 0) is 30.6 Å². The number of aromatic nitrogens is 1. The number of carbonyl (C=O) groups is 1. The average molecular weight is 257 g/mol. The molecule has 0 radical (unpaired) electrons. The third-order valence-electron chi connectivity index (χ3n) is 2.78. The van der Waals surface area contributed by atoms with Gasteiger partial charge < -0.3 is 10.4 Å². The Bertz CT molecular complexity index is 447. The van der Waals surface area contributed by atoms with E-state index in [2.05, 4.69) is 10.3 Å². The summed E-state index contributed by atoms with van der Waals surface area (Å²) in [5.74, 6) is -1.10. The molecule has 2 unspecified atom stereocenters. The molecule has 92 valence electrons. The van der Waals surface area contributed by atoms with E-state index >= 15 is 0 Å². The fourth-order valence-corrected chi connectivity index (χ4v) is 2.64. The SMILES string of the molecule is O=C(O)C1CCC(Nc2ncc([N+](=O)[O-])s2)C1. The van der Waals surface area contributed by atoms with Crippen molar-refractivity contribution in [1.29, 1.82) is 0 Å². The molecule has 0 spiro atoms. The largest absolute Gasteiger partial charge is 0.481 e. The van der Waals surface area contributed by atoms with E-state index in [1.807, 2.05) is 0 Å². The third kappa shape index (κ3) is 2.70. The molecule has 0 bridgehead atoms. The summed E-state index contributed by atoms with van der Waals surface area (Å²) in [7, 11) is 0. The topological polar surface area (TPSA) is 105 Å². The number of nitro groups is 1. The minimum Gasteiger partial charge on any atom is -0.481 e. The molecule has 0 saturated heterocycles. The molecule has 2 atom stereocenters. The molecule has 7 nitrogen and oxygen atoms in total. The minimum absolute atomic E-state index is 0.0136. The van der Waals surface area contributed by atoms with Crippen molar-refractivity contribution >= 4 is 27.4 Å². The fraction of sp³-hybridized carbons (Fsp3) is 0.556. The molecule has 1 aliphatic rings. The molecule has 1 saturated carbocycles. The molecule has 1 aromatic heterocycles. The summed E-state index contributed by atoms with van der Waals surface area (Å²) >= 11 is 0.969. The van der Waals surface area contributed by atoms with Crippen molar-refractivity contribution in [1.82, 2.24) is 4.98 Å². The Morgan fingerprint density at radius 2 is 2.41 bits per heavy atom. The second-order valence-corrected chi connectivity index (χ2v) is 4.96. The van der Waals surface area contributed by atoms with Crippen LogP contribution in [0.5, 0.6) is 0 Å². The van der Waals surface area contributed by atoms with E-state index in [-0.39, 0.29) is 17.0 Å². The summed E-state index contributed by atoms with van der Waals surface area (Å²) in [5.41, 5.74) is 0. The van der Waals surface area contributed by atoms with E-state index in [1.54, 1.807) is 0 Å². The zero-order valence-electron chi connectivity index (χ0n) is 8.83. The summed E-state index contributed by atoms with van der Waals surface area (Å²) in [5, 5.41) is 22.8. The number of carboxylic acids is 1. The summed E-state index contributed by atoms with van der Waals surface area (Å²) < 4.78 is 0. The van der Waals surface area contributed by atoms with Gasteiger partial charge in [-0.2, -0.15) is 0 Å². The van der Waals surface area contributed by atoms with Gasteiger partial charge in [-0.3, -0.25) is 14.9 Å². The van der Waals surface area contributed by atoms with Crippen LogP contribution < -0.4 is 5.32 Å². The normalized spacial score (nSPS) is 23.5. The molecule has 0 aliphatic heterocycles. The molecular weight excluding hydrogens is 246 g/mol. The number of thiazole rings is 1. The Balaban J connectivity index is 1.93. The van der Waals surface area contributed by atoms with Gasteiger partial charge in [0.15, 0.2) is 5.13 Å². The van der Waals surface area contributed by atoms with Crippen LogP contribution in [0.3, 0.4) is 0 Å². The van der Waals surface area contributed by atoms with E-state index in [9.17, 15) is 14.9 Å². The van der Waals surface area contributed by atoms with Crippen LogP contribution in [0.2, 0.25) is 0 Å². The van der Waals surface area contributed by atoms with Crippen LogP contribution in [0.1, 0.15) is 19.3 Å². The first-order valence-corrected chi connectivity index (χ1v) is 5.97. The lowest BCUT2D eigenvalue weighted by atomic mass is 10.1. The van der Waals surface area contributed by atoms with Gasteiger partial charge in [0.2, 0.25) is 0 Å². The first-order chi connectivity index (χ1) is 8.06. The van der Waals surface area contributed by atoms with E-state index in [1.165, 1.54) is 6.20 Å². The molecule has 1 heterocycles. The second-order valence-electron chi connectivity index (χ2n) is 3.95. The average Bonchev–Trinajstić information content (AvgIpc) is 2.87. The standard InChI is InChI=1S/C9H11N3O4S/c13-8(14)5-1-2-6(3-5)11-9-10-4-7(17-9)12(15)16/h4-6H,1-3H2,(H,10,11)(H,13,14). The van der Waals surface area contributed by atoms with Crippen molar-refractivity contribution in [2.24, 2.45) is 5.92 Å². The summed E-state index contributed by atoms with van der Waals surface area (Å²) in [6, 6.07) is 0.0434. The summed E-state index contributed by atoms with van der Waals surface area (Å²) in [6.45, 7) is 0. The van der Waals surface area contributed by atoms with Crippen LogP contribution in [0.15, 0.2) is 6.20 Å². The minimum atomic E-state index is -0.778. The van der Waals surface area contributed by atoms with Crippen molar-refractivity contribution in [3.8, 4) is 0 Å². The van der Waals surface area contributed by atoms with E-state index < -0.39 is 10.9 Å². The molecular formula is C9H11N3O4S. The monoisotopic (exact) mass is 257 g/mol. The zero-order chi connectivity index (χ0) is 12.4. The predicted molar refractivity (Wildman–Crippen MR) is 61.2 cm³/mol. The lowest BCUT2D eigenvalue weighted by Gasteiger charge is -2.09. The molecule has 0 aromatic carbocycles. The van der Waals surface area contributed by atoms with Gasteiger partial charge in [0, 0.05) is 6.04 Å². The molecule has 17 heavy (non-hydrogen) atoms. The Kier molecular flexibility index (Phi) is 3.23. The number of rotatable bonds is 4. The highest BCUT2D eigenvalue weighted by Crippen LogP contribution is 2.31. The number of nitrogens with zero attached hydrogens (tertiary/aromatic N) is 2. The van der Waals surface area contributed by atoms with Gasteiger partial charge in [0.25, 0.3) is 0 Å². The predicted octanol–water partition coefficient (Wildman–Crippen LogP) is 1.72. The number of aliphatic carboxylic acids is 1. The second kappa shape index (κ2) is 4.66. The summed E-state index contributed by atoms with van der Waals surface area (Å²) in [6.07, 6.45) is 3.14. The third-order valence-corrected chi connectivity index (χ3v) is 3.66. The quantitative estimate of drug-likeness (QED) is 0.628. The van der Waals surface area contributed by atoms with Gasteiger partial charge in [-0.1, -0.05) is 0 Å². The Hall–Kier alpha value is -1.70. The molecule has 1 aliphatic carbocycles. The van der Waals surface area contributed by atoms with Gasteiger partial charge in [0.05, 0.1) is 10.8 Å². The van der Waals surface area contributed by atoms with Crippen LogP contribution >= 0.6 is 11.3 Å². The van der Waals surface area contributed by atoms with Crippen LogP contribution in [0.25, 0.3) is 0 Å². The van der Waals surface area contributed by atoms with Crippen LogP contribution in [-0.2, 0) is 4.79 Å². The molecule has 8 heteroatoms. The van der Waals surface area contributed by atoms with Crippen LogP contribution in [0.4, 0.5) is 10.1 Å². The maximum absolute atomic E-state index is 10.8. The Labute approximate surface area is 101 Å². The number of nitrogens with one attached hydrogen (secondary N) is 1. The van der Waals surface area contributed by atoms with Crippen LogP contribution in [-0.4, -0.2) is 27.0 Å². The van der Waals surface area contributed by atoms with Crippen molar-refractivity contribution in [3.05, 3.63) is 16.3 Å². The highest BCUT2D eigenvalue weighted by atomic mass is 32.1. The van der Waals surface area contributed by atoms with Crippen molar-refractivity contribution < 1.29 is 14.8 Å². The maximum atomic E-state index is 10.8. The molecule has 2 rings (SSSR count). The van der Waals surface area contributed by atoms with Crippen molar-refractivity contribution in [2.45, 2.75) is 25.3 Å². The molecule has 1 fully saturated rings. The molecule has 0 amide bonds. The highest BCUT2D eigenvalue weighted by Gasteiger charge is 2.30. The van der Waals surface area contributed by atoms with Gasteiger partial charge in [0.1, 0.15) is 6.20 Å². The zero-order valence-corrected chi connectivity index (χ0v) is 9.64. The van der Waals surface area contributed by atoms with Gasteiger partial charge >= 0.3 is 11.0 Å². The Morgan fingerprint density at radius 3 is 2.94 bits per heavy atom. The maximum Gasteiger partial charge on any atom is 0.345 e. The number of carboxylic acid groups (broad SMARTS) is 1. The van der Waals surface area contributed by atoms with E-state index in [0.29, 0.717) is 18.0 Å². The summed E-state index contributed by atoms with van der Waals surface area (Å²) in [4.78, 5) is 24.6.